The van der Waals surface area contributed by atoms with Gasteiger partial charge in [-0.25, -0.2) is 4.98 Å². The third-order valence-corrected chi connectivity index (χ3v) is 5.94. The van der Waals surface area contributed by atoms with Gasteiger partial charge in [-0.3, -0.25) is 4.79 Å². The van der Waals surface area contributed by atoms with Crippen LogP contribution in [-0.2, 0) is 16.1 Å². The quantitative estimate of drug-likeness (QED) is 0.375. The average molecular weight is 466 g/mol. The number of morpholine rings is 1. The summed E-state index contributed by atoms with van der Waals surface area (Å²) in [4.78, 5) is 23.3. The lowest BCUT2D eigenvalue weighted by atomic mass is 10.2. The zero-order valence-electron chi connectivity index (χ0n) is 20.1. The van der Waals surface area contributed by atoms with E-state index in [4.69, 9.17) is 4.74 Å². The monoisotopic (exact) mass is 465 g/mol. The summed E-state index contributed by atoms with van der Waals surface area (Å²) in [5, 5.41) is 10.9. The third kappa shape index (κ3) is 6.03. The number of rotatable bonds is 11. The Balaban J connectivity index is 1.33. The van der Waals surface area contributed by atoms with Crippen LogP contribution in [0.1, 0.15) is 31.7 Å². The molecule has 1 aliphatic rings. The molecule has 3 heterocycles. The van der Waals surface area contributed by atoms with Gasteiger partial charge in [0.1, 0.15) is 5.82 Å². The summed E-state index contributed by atoms with van der Waals surface area (Å²) in [6.45, 7) is 7.32. The van der Waals surface area contributed by atoms with Gasteiger partial charge in [0.05, 0.1) is 18.7 Å². The Hall–Kier alpha value is -3.17. The predicted octanol–water partition coefficient (Wildman–Crippen LogP) is 3.01. The number of ether oxygens (including phenoxy) is 1. The van der Waals surface area contributed by atoms with Crippen molar-refractivity contribution in [1.82, 2.24) is 24.8 Å². The molecule has 0 bridgehead atoms. The average Bonchev–Trinajstić information content (AvgIpc) is 3.36. The minimum absolute atomic E-state index is 0.228. The lowest BCUT2D eigenvalue weighted by molar-refractivity contribution is -0.135. The number of nitrogens with zero attached hydrogens (tertiary/aromatic N) is 4. The van der Waals surface area contributed by atoms with Crippen LogP contribution in [-0.4, -0.2) is 71.8 Å². The number of carbonyl (C=O) groups is 1. The number of hydrogen-bond donors (Lipinski definition) is 3. The van der Waals surface area contributed by atoms with Crippen molar-refractivity contribution in [3.05, 3.63) is 42.2 Å². The van der Waals surface area contributed by atoms with E-state index in [2.05, 4.69) is 74.1 Å². The molecule has 0 radical (unpaired) electrons. The van der Waals surface area contributed by atoms with Crippen LogP contribution in [0.4, 0.5) is 11.8 Å². The van der Waals surface area contributed by atoms with E-state index in [0.717, 1.165) is 54.9 Å². The van der Waals surface area contributed by atoms with Crippen LogP contribution in [0.25, 0.3) is 16.6 Å². The normalized spacial score (nSPS) is 13.9. The van der Waals surface area contributed by atoms with Gasteiger partial charge in [0.2, 0.25) is 11.9 Å². The Morgan fingerprint density at radius 1 is 1.15 bits per heavy atom. The van der Waals surface area contributed by atoms with E-state index in [9.17, 15) is 4.79 Å². The second-order valence-corrected chi connectivity index (χ2v) is 8.47. The molecule has 1 fully saturated rings. The van der Waals surface area contributed by atoms with E-state index in [1.54, 1.807) is 0 Å². The Morgan fingerprint density at radius 3 is 2.79 bits per heavy atom. The number of hydrogen-bond acceptors (Lipinski definition) is 7. The SMILES string of the molecule is CCCNc1nc(NC)nc2cc(-n3ccc(CNCCCC(=O)N4CCOCC4)c3)ccc12. The molecule has 0 saturated carbocycles. The van der Waals surface area contributed by atoms with Gasteiger partial charge in [0.25, 0.3) is 0 Å². The molecule has 9 heteroatoms. The van der Waals surface area contributed by atoms with Gasteiger partial charge in [0.15, 0.2) is 0 Å². The molecular formula is C25H35N7O2. The standard InChI is InChI=1S/C25H35N7O2/c1-3-9-28-24-21-7-6-20(16-22(21)29-25(26-2)30-24)32-11-8-19(18-32)17-27-10-4-5-23(33)31-12-14-34-15-13-31/h6-8,11,16,18,27H,3-5,9-10,12-15,17H2,1-2H3,(H2,26,28,29,30). The highest BCUT2D eigenvalue weighted by Gasteiger charge is 2.16. The van der Waals surface area contributed by atoms with Gasteiger partial charge >= 0.3 is 0 Å². The fourth-order valence-corrected chi connectivity index (χ4v) is 4.04. The Kier molecular flexibility index (Phi) is 8.32. The van der Waals surface area contributed by atoms with Crippen molar-refractivity contribution >= 4 is 28.6 Å². The van der Waals surface area contributed by atoms with Crippen molar-refractivity contribution < 1.29 is 9.53 Å². The van der Waals surface area contributed by atoms with Crippen LogP contribution in [0.3, 0.4) is 0 Å². The second kappa shape index (κ2) is 11.8. The Morgan fingerprint density at radius 2 is 2.00 bits per heavy atom. The number of aromatic nitrogens is 3. The molecule has 3 aromatic rings. The number of fused-ring (bicyclic) bond motifs is 1. The van der Waals surface area contributed by atoms with Crippen LogP contribution in [0.15, 0.2) is 36.7 Å². The third-order valence-electron chi connectivity index (χ3n) is 5.94. The summed E-state index contributed by atoms with van der Waals surface area (Å²) in [7, 11) is 1.83. The molecule has 0 unspecified atom stereocenters. The molecule has 4 rings (SSSR count). The maximum absolute atomic E-state index is 12.2. The molecule has 1 aliphatic heterocycles. The maximum atomic E-state index is 12.2. The fraction of sp³-hybridized carbons (Fsp3) is 0.480. The van der Waals surface area contributed by atoms with E-state index in [0.29, 0.717) is 38.7 Å². The van der Waals surface area contributed by atoms with E-state index >= 15 is 0 Å². The van der Waals surface area contributed by atoms with Crippen molar-refractivity contribution in [2.75, 3.05) is 57.1 Å². The van der Waals surface area contributed by atoms with Crippen molar-refractivity contribution in [3.63, 3.8) is 0 Å². The Bertz CT molecular complexity index is 1090. The highest BCUT2D eigenvalue weighted by Crippen LogP contribution is 2.25. The summed E-state index contributed by atoms with van der Waals surface area (Å²) in [6.07, 6.45) is 6.64. The molecule has 0 spiro atoms. The van der Waals surface area contributed by atoms with Crippen LogP contribution in [0.2, 0.25) is 0 Å². The Labute approximate surface area is 200 Å². The van der Waals surface area contributed by atoms with Gasteiger partial charge < -0.3 is 30.2 Å². The molecule has 34 heavy (non-hydrogen) atoms. The predicted molar refractivity (Wildman–Crippen MR) is 136 cm³/mol. The van der Waals surface area contributed by atoms with Crippen molar-refractivity contribution in [1.29, 1.82) is 0 Å². The zero-order chi connectivity index (χ0) is 23.8. The summed E-state index contributed by atoms with van der Waals surface area (Å²) in [5.41, 5.74) is 3.15. The van der Waals surface area contributed by atoms with Gasteiger partial charge in [-0.2, -0.15) is 4.98 Å². The number of anilines is 2. The van der Waals surface area contributed by atoms with Crippen molar-refractivity contribution in [2.45, 2.75) is 32.7 Å². The first-order valence-corrected chi connectivity index (χ1v) is 12.1. The second-order valence-electron chi connectivity index (χ2n) is 8.47. The van der Waals surface area contributed by atoms with Crippen LogP contribution in [0.5, 0.6) is 0 Å². The van der Waals surface area contributed by atoms with E-state index in [-0.39, 0.29) is 5.91 Å². The summed E-state index contributed by atoms with van der Waals surface area (Å²) < 4.78 is 7.42. The lowest BCUT2D eigenvalue weighted by Crippen LogP contribution is -2.40. The van der Waals surface area contributed by atoms with Gasteiger partial charge in [-0.05, 0) is 49.2 Å². The van der Waals surface area contributed by atoms with Crippen LogP contribution in [0, 0.1) is 0 Å². The minimum atomic E-state index is 0.228. The molecule has 1 amide bonds. The first-order chi connectivity index (χ1) is 16.7. The topological polar surface area (TPSA) is 96.3 Å². The largest absolute Gasteiger partial charge is 0.378 e. The number of nitrogens with one attached hydrogen (secondary N) is 3. The molecule has 3 N–H and O–H groups in total. The molecule has 9 nitrogen and oxygen atoms in total. The zero-order valence-corrected chi connectivity index (χ0v) is 20.1. The number of carbonyl (C=O) groups excluding carboxylic acids is 1. The van der Waals surface area contributed by atoms with E-state index in [1.807, 2.05) is 11.9 Å². The van der Waals surface area contributed by atoms with E-state index in [1.165, 1.54) is 5.56 Å². The molecular weight excluding hydrogens is 430 g/mol. The first kappa shape index (κ1) is 24.0. The number of amides is 1. The molecule has 2 aromatic heterocycles. The molecule has 0 atom stereocenters. The van der Waals surface area contributed by atoms with Crippen molar-refractivity contribution in [2.24, 2.45) is 0 Å². The summed E-state index contributed by atoms with van der Waals surface area (Å²) in [6, 6.07) is 8.37. The molecule has 0 aliphatic carbocycles. The van der Waals surface area contributed by atoms with Crippen molar-refractivity contribution in [3.8, 4) is 5.69 Å². The van der Waals surface area contributed by atoms with E-state index < -0.39 is 0 Å². The number of benzene rings is 1. The highest BCUT2D eigenvalue weighted by atomic mass is 16.5. The summed E-state index contributed by atoms with van der Waals surface area (Å²) in [5.74, 6) is 1.69. The first-order valence-electron chi connectivity index (χ1n) is 12.1. The maximum Gasteiger partial charge on any atom is 0.224 e. The lowest BCUT2D eigenvalue weighted by Gasteiger charge is -2.26. The van der Waals surface area contributed by atoms with Gasteiger partial charge in [-0.1, -0.05) is 6.92 Å². The van der Waals surface area contributed by atoms with Gasteiger partial charge in [-0.15, -0.1) is 0 Å². The molecule has 1 aromatic carbocycles. The molecule has 1 saturated heterocycles. The smallest absolute Gasteiger partial charge is 0.224 e. The summed E-state index contributed by atoms with van der Waals surface area (Å²) >= 11 is 0. The van der Waals surface area contributed by atoms with Crippen LogP contribution >= 0.6 is 0 Å². The fourth-order valence-electron chi connectivity index (χ4n) is 4.04. The van der Waals surface area contributed by atoms with Gasteiger partial charge in [0, 0.05) is 63.1 Å². The minimum Gasteiger partial charge on any atom is -0.378 e. The molecule has 182 valence electrons. The van der Waals surface area contributed by atoms with Crippen LogP contribution < -0.4 is 16.0 Å². The highest BCUT2D eigenvalue weighted by molar-refractivity contribution is 5.91.